The van der Waals surface area contributed by atoms with Gasteiger partial charge in [0.2, 0.25) is 0 Å². The van der Waals surface area contributed by atoms with Gasteiger partial charge in [-0.25, -0.2) is 0 Å². The third-order valence-corrected chi connectivity index (χ3v) is 3.02. The van der Waals surface area contributed by atoms with E-state index in [4.69, 9.17) is 0 Å². The smallest absolute Gasteiger partial charge is 0.0703 e. The Labute approximate surface area is 107 Å². The zero-order valence-corrected chi connectivity index (χ0v) is 10.3. The summed E-state index contributed by atoms with van der Waals surface area (Å²) in [6.07, 6.45) is 3.10. The van der Waals surface area contributed by atoms with Gasteiger partial charge in [-0.3, -0.25) is 4.98 Å². The third kappa shape index (κ3) is 2.68. The van der Waals surface area contributed by atoms with Gasteiger partial charge >= 0.3 is 0 Å². The third-order valence-electron chi connectivity index (χ3n) is 3.02. The second kappa shape index (κ2) is 5.34. The number of fused-ring (bicyclic) bond motifs is 1. The molecule has 3 nitrogen and oxygen atoms in total. The minimum absolute atomic E-state index is 0. The Balaban J connectivity index is 0.00000108. The number of benzene rings is 1. The predicted octanol–water partition coefficient (Wildman–Crippen LogP) is 2.43. The summed E-state index contributed by atoms with van der Waals surface area (Å²) in [4.78, 5) is 4.44. The van der Waals surface area contributed by atoms with E-state index in [-0.39, 0.29) is 12.4 Å². The minimum Gasteiger partial charge on any atom is -0.380 e. The van der Waals surface area contributed by atoms with Crippen LogP contribution in [0.1, 0.15) is 6.42 Å². The number of nitrogens with zero attached hydrogens (tertiary/aromatic N) is 1. The molecule has 1 aromatic carbocycles. The van der Waals surface area contributed by atoms with Crippen LogP contribution in [0.15, 0.2) is 36.5 Å². The minimum atomic E-state index is 0. The monoisotopic (exact) mass is 249 g/mol. The molecule has 1 aliphatic rings. The number of hydrogen-bond acceptors (Lipinski definition) is 3. The van der Waals surface area contributed by atoms with Crippen molar-refractivity contribution in [2.45, 2.75) is 12.5 Å². The highest BCUT2D eigenvalue weighted by atomic mass is 35.5. The van der Waals surface area contributed by atoms with Gasteiger partial charge < -0.3 is 10.6 Å². The lowest BCUT2D eigenvalue weighted by atomic mass is 10.2. The highest BCUT2D eigenvalue weighted by Gasteiger charge is 2.13. The predicted molar refractivity (Wildman–Crippen MR) is 73.9 cm³/mol. The summed E-state index contributed by atoms with van der Waals surface area (Å²) < 4.78 is 0. The van der Waals surface area contributed by atoms with Crippen molar-refractivity contribution in [3.8, 4) is 0 Å². The summed E-state index contributed by atoms with van der Waals surface area (Å²) in [6, 6.07) is 10.9. The van der Waals surface area contributed by atoms with E-state index < -0.39 is 0 Å². The molecule has 3 rings (SSSR count). The number of pyridine rings is 1. The lowest BCUT2D eigenvalue weighted by Crippen LogP contribution is -2.22. The molecule has 90 valence electrons. The molecule has 0 saturated carbocycles. The number of aromatic nitrogens is 1. The van der Waals surface area contributed by atoms with E-state index in [0.717, 1.165) is 24.3 Å². The average molecular weight is 250 g/mol. The van der Waals surface area contributed by atoms with E-state index in [9.17, 15) is 0 Å². The standard InChI is InChI=1S/C13H15N3.ClH/c1-2-4-13-10(3-1)7-12(9-15-13)16-11-5-6-14-8-11;/h1-4,7,9,11,14,16H,5-6,8H2;1H/t11-;/m0./s1. The van der Waals surface area contributed by atoms with Crippen LogP contribution in [0.5, 0.6) is 0 Å². The van der Waals surface area contributed by atoms with Gasteiger partial charge in [0.15, 0.2) is 0 Å². The highest BCUT2D eigenvalue weighted by molar-refractivity contribution is 5.85. The Kier molecular flexibility index (Phi) is 3.82. The molecule has 0 amide bonds. The van der Waals surface area contributed by atoms with Crippen LogP contribution in [0.2, 0.25) is 0 Å². The zero-order valence-electron chi connectivity index (χ0n) is 9.52. The molecule has 2 aromatic rings. The molecule has 1 saturated heterocycles. The summed E-state index contributed by atoms with van der Waals surface area (Å²) in [6.45, 7) is 2.16. The number of halogens is 1. The number of nitrogens with one attached hydrogen (secondary N) is 2. The number of rotatable bonds is 2. The first-order valence-electron chi connectivity index (χ1n) is 5.74. The maximum atomic E-state index is 4.44. The maximum absolute atomic E-state index is 4.44. The number of anilines is 1. The molecule has 0 spiro atoms. The van der Waals surface area contributed by atoms with E-state index in [1.54, 1.807) is 0 Å². The van der Waals surface area contributed by atoms with Crippen molar-refractivity contribution in [3.05, 3.63) is 36.5 Å². The Bertz CT molecular complexity index is 495. The van der Waals surface area contributed by atoms with Gasteiger partial charge in [0.05, 0.1) is 17.4 Å². The molecule has 0 bridgehead atoms. The van der Waals surface area contributed by atoms with Crippen LogP contribution in [0.25, 0.3) is 10.9 Å². The fraction of sp³-hybridized carbons (Fsp3) is 0.308. The molecule has 0 unspecified atom stereocenters. The first-order chi connectivity index (χ1) is 7.92. The van der Waals surface area contributed by atoms with E-state index >= 15 is 0 Å². The van der Waals surface area contributed by atoms with E-state index in [0.29, 0.717) is 6.04 Å². The van der Waals surface area contributed by atoms with Crippen LogP contribution in [0.4, 0.5) is 5.69 Å². The Morgan fingerprint density at radius 2 is 2.18 bits per heavy atom. The summed E-state index contributed by atoms with van der Waals surface area (Å²) in [5.74, 6) is 0. The summed E-state index contributed by atoms with van der Waals surface area (Å²) >= 11 is 0. The Morgan fingerprint density at radius 3 is 3.00 bits per heavy atom. The van der Waals surface area contributed by atoms with Crippen molar-refractivity contribution in [2.24, 2.45) is 0 Å². The SMILES string of the molecule is Cl.c1ccc2ncc(N[C@H]3CCNC3)cc2c1. The van der Waals surface area contributed by atoms with Crippen molar-refractivity contribution in [1.82, 2.24) is 10.3 Å². The molecule has 2 N–H and O–H groups in total. The van der Waals surface area contributed by atoms with Gasteiger partial charge in [0.1, 0.15) is 0 Å². The van der Waals surface area contributed by atoms with Gasteiger partial charge in [-0.05, 0) is 25.1 Å². The fourth-order valence-corrected chi connectivity index (χ4v) is 2.16. The summed E-state index contributed by atoms with van der Waals surface area (Å²) in [7, 11) is 0. The molecule has 4 heteroatoms. The van der Waals surface area contributed by atoms with Gasteiger partial charge in [0.25, 0.3) is 0 Å². The van der Waals surface area contributed by atoms with Gasteiger partial charge in [0, 0.05) is 18.0 Å². The summed E-state index contributed by atoms with van der Waals surface area (Å²) in [5.41, 5.74) is 2.17. The molecule has 0 aliphatic carbocycles. The second-order valence-electron chi connectivity index (χ2n) is 4.25. The van der Waals surface area contributed by atoms with Crippen molar-refractivity contribution in [2.75, 3.05) is 18.4 Å². The van der Waals surface area contributed by atoms with Gasteiger partial charge in [-0.2, -0.15) is 0 Å². The normalized spacial score (nSPS) is 18.9. The molecular formula is C13H16ClN3. The van der Waals surface area contributed by atoms with Crippen LogP contribution in [0.3, 0.4) is 0 Å². The molecule has 2 heterocycles. The lowest BCUT2D eigenvalue weighted by Gasteiger charge is -2.12. The van der Waals surface area contributed by atoms with Crippen LogP contribution >= 0.6 is 12.4 Å². The van der Waals surface area contributed by atoms with Crippen LogP contribution in [-0.4, -0.2) is 24.1 Å². The second-order valence-corrected chi connectivity index (χ2v) is 4.25. The molecule has 1 aliphatic heterocycles. The van der Waals surface area contributed by atoms with Crippen LogP contribution in [0, 0.1) is 0 Å². The van der Waals surface area contributed by atoms with Gasteiger partial charge in [-0.15, -0.1) is 12.4 Å². The van der Waals surface area contributed by atoms with E-state index in [2.05, 4.69) is 27.8 Å². The topological polar surface area (TPSA) is 37.0 Å². The quantitative estimate of drug-likeness (QED) is 0.859. The first-order valence-corrected chi connectivity index (χ1v) is 5.74. The summed E-state index contributed by atoms with van der Waals surface area (Å²) in [5, 5.41) is 8.05. The molecule has 1 atom stereocenters. The number of para-hydroxylation sites is 1. The number of hydrogen-bond donors (Lipinski definition) is 2. The molecule has 1 aromatic heterocycles. The van der Waals surface area contributed by atoms with Crippen molar-refractivity contribution in [1.29, 1.82) is 0 Å². The maximum Gasteiger partial charge on any atom is 0.0703 e. The van der Waals surface area contributed by atoms with E-state index in [1.165, 1.54) is 11.8 Å². The van der Waals surface area contributed by atoms with Crippen LogP contribution in [-0.2, 0) is 0 Å². The first kappa shape index (κ1) is 12.1. The van der Waals surface area contributed by atoms with E-state index in [1.807, 2.05) is 24.4 Å². The van der Waals surface area contributed by atoms with Crippen molar-refractivity contribution < 1.29 is 0 Å². The molecular weight excluding hydrogens is 234 g/mol. The Morgan fingerprint density at radius 1 is 1.29 bits per heavy atom. The fourth-order valence-electron chi connectivity index (χ4n) is 2.16. The lowest BCUT2D eigenvalue weighted by molar-refractivity contribution is 0.793. The van der Waals surface area contributed by atoms with Crippen molar-refractivity contribution in [3.63, 3.8) is 0 Å². The highest BCUT2D eigenvalue weighted by Crippen LogP contribution is 2.17. The molecule has 17 heavy (non-hydrogen) atoms. The Hall–Kier alpha value is -1.32. The largest absolute Gasteiger partial charge is 0.380 e. The van der Waals surface area contributed by atoms with Crippen molar-refractivity contribution >= 4 is 29.0 Å². The zero-order chi connectivity index (χ0) is 10.8. The molecule has 0 radical (unpaired) electrons. The molecule has 1 fully saturated rings. The van der Waals surface area contributed by atoms with Crippen LogP contribution < -0.4 is 10.6 Å². The average Bonchev–Trinajstić information content (AvgIpc) is 2.82. The van der Waals surface area contributed by atoms with Gasteiger partial charge in [-0.1, -0.05) is 18.2 Å².